The van der Waals surface area contributed by atoms with Gasteiger partial charge < -0.3 is 14.8 Å². The zero-order valence-corrected chi connectivity index (χ0v) is 19.1. The molecule has 32 heavy (non-hydrogen) atoms. The number of ether oxygens (including phenoxy) is 2. The van der Waals surface area contributed by atoms with Gasteiger partial charge in [-0.1, -0.05) is 0 Å². The molecule has 0 spiro atoms. The number of piperidine rings is 1. The maximum atomic E-state index is 12.9. The lowest BCUT2D eigenvalue weighted by Crippen LogP contribution is -2.43. The van der Waals surface area contributed by atoms with Crippen LogP contribution in [0, 0.1) is 31.1 Å². The smallest absolute Gasteiger partial charge is 0.310 e. The Morgan fingerprint density at radius 3 is 2.59 bits per heavy atom. The molecule has 1 saturated heterocycles. The number of carbonyl (C=O) groups excluding carboxylic acids is 2. The van der Waals surface area contributed by atoms with E-state index in [1.807, 2.05) is 47.6 Å². The molecule has 1 aliphatic heterocycles. The number of anilines is 1. The summed E-state index contributed by atoms with van der Waals surface area (Å²) in [6.45, 7) is 7.32. The fraction of sp³-hybridized carbons (Fsp3) is 0.458. The van der Waals surface area contributed by atoms with Gasteiger partial charge in [0.2, 0.25) is 5.91 Å². The average molecular weight is 439 g/mol. The minimum atomic E-state index is -0.224. The van der Waals surface area contributed by atoms with Crippen molar-refractivity contribution in [2.75, 3.05) is 38.7 Å². The van der Waals surface area contributed by atoms with E-state index in [0.717, 1.165) is 42.1 Å². The normalized spacial score (nSPS) is 16.3. The fourth-order valence-corrected chi connectivity index (χ4v) is 4.14. The Kier molecular flexibility index (Phi) is 7.54. The van der Waals surface area contributed by atoms with Crippen LogP contribution in [-0.4, -0.2) is 54.7 Å². The van der Waals surface area contributed by atoms with Crippen molar-refractivity contribution in [2.24, 2.45) is 5.92 Å². The lowest BCUT2D eigenvalue weighted by atomic mass is 9.98. The third-order valence-electron chi connectivity index (χ3n) is 5.91. The van der Waals surface area contributed by atoms with Crippen molar-refractivity contribution in [3.05, 3.63) is 41.1 Å². The second-order valence-electron chi connectivity index (χ2n) is 7.95. The number of rotatable bonds is 7. The summed E-state index contributed by atoms with van der Waals surface area (Å²) in [5.41, 5.74) is 2.96. The number of nitrogens with zero attached hydrogens (tertiary/aromatic N) is 3. The standard InChI is InChI=1S/C24H30N4O4/c1-5-32-24(30)18-7-6-12-27(14-18)15-22(29)26-23-21(13-25)16(2)17(3)28(23)19-8-10-20(31-4)11-9-19/h8-11,18H,5-7,12,14-15H2,1-4H3,(H,26,29). The molecule has 8 heteroatoms. The summed E-state index contributed by atoms with van der Waals surface area (Å²) in [6, 6.07) is 9.68. The number of nitriles is 1. The van der Waals surface area contributed by atoms with Crippen LogP contribution in [0.5, 0.6) is 5.75 Å². The molecule has 1 aliphatic rings. The van der Waals surface area contributed by atoms with Crippen molar-refractivity contribution in [3.63, 3.8) is 0 Å². The molecule has 0 aliphatic carbocycles. The largest absolute Gasteiger partial charge is 0.497 e. The first-order valence-corrected chi connectivity index (χ1v) is 10.8. The molecule has 1 amide bonds. The molecule has 0 saturated carbocycles. The summed E-state index contributed by atoms with van der Waals surface area (Å²) in [5, 5.41) is 12.7. The molecule has 1 atom stereocenters. The van der Waals surface area contributed by atoms with Gasteiger partial charge in [-0.2, -0.15) is 5.26 Å². The highest BCUT2D eigenvalue weighted by molar-refractivity contribution is 5.93. The lowest BCUT2D eigenvalue weighted by Gasteiger charge is -2.30. The number of nitrogens with one attached hydrogen (secondary N) is 1. The lowest BCUT2D eigenvalue weighted by molar-refractivity contribution is -0.150. The summed E-state index contributed by atoms with van der Waals surface area (Å²) in [5.74, 6) is 0.542. The van der Waals surface area contributed by atoms with Crippen molar-refractivity contribution in [1.29, 1.82) is 5.26 Å². The van der Waals surface area contributed by atoms with Gasteiger partial charge in [-0.25, -0.2) is 0 Å². The first-order chi connectivity index (χ1) is 15.4. The first-order valence-electron chi connectivity index (χ1n) is 10.8. The Hall–Kier alpha value is -3.31. The van der Waals surface area contributed by atoms with Crippen molar-refractivity contribution in [1.82, 2.24) is 9.47 Å². The summed E-state index contributed by atoms with van der Waals surface area (Å²) >= 11 is 0. The molecule has 0 bridgehead atoms. The molecule has 1 N–H and O–H groups in total. The molecule has 170 valence electrons. The quantitative estimate of drug-likeness (QED) is 0.667. The van der Waals surface area contributed by atoms with Crippen molar-refractivity contribution < 1.29 is 19.1 Å². The minimum Gasteiger partial charge on any atom is -0.497 e. The number of carbonyl (C=O) groups is 2. The molecule has 3 rings (SSSR count). The molecular formula is C24H30N4O4. The van der Waals surface area contributed by atoms with Gasteiger partial charge in [-0.05, 0) is 70.0 Å². The van der Waals surface area contributed by atoms with Crippen molar-refractivity contribution >= 4 is 17.7 Å². The molecule has 1 unspecified atom stereocenters. The highest BCUT2D eigenvalue weighted by atomic mass is 16.5. The van der Waals surface area contributed by atoms with Gasteiger partial charge in [-0.3, -0.25) is 19.1 Å². The number of amides is 1. The van der Waals surface area contributed by atoms with E-state index >= 15 is 0 Å². The van der Waals surface area contributed by atoms with Crippen LogP contribution in [0.3, 0.4) is 0 Å². The highest BCUT2D eigenvalue weighted by Gasteiger charge is 2.28. The van der Waals surface area contributed by atoms with Crippen LogP contribution in [0.2, 0.25) is 0 Å². The van der Waals surface area contributed by atoms with E-state index in [9.17, 15) is 14.9 Å². The van der Waals surface area contributed by atoms with Crippen LogP contribution < -0.4 is 10.1 Å². The summed E-state index contributed by atoms with van der Waals surface area (Å²) in [7, 11) is 1.60. The Morgan fingerprint density at radius 1 is 1.25 bits per heavy atom. The van der Waals surface area contributed by atoms with E-state index in [0.29, 0.717) is 24.5 Å². The first kappa shape index (κ1) is 23.4. The Balaban J connectivity index is 1.80. The third-order valence-corrected chi connectivity index (χ3v) is 5.91. The number of hydrogen-bond donors (Lipinski definition) is 1. The number of benzene rings is 1. The molecule has 0 radical (unpaired) electrons. The maximum Gasteiger partial charge on any atom is 0.310 e. The number of esters is 1. The van der Waals surface area contributed by atoms with E-state index in [1.165, 1.54) is 0 Å². The van der Waals surface area contributed by atoms with Crippen LogP contribution in [0.15, 0.2) is 24.3 Å². The predicted molar refractivity (Wildman–Crippen MR) is 121 cm³/mol. The molecule has 8 nitrogen and oxygen atoms in total. The Labute approximate surface area is 188 Å². The SMILES string of the molecule is CCOC(=O)C1CCCN(CC(=O)Nc2c(C#N)c(C)c(C)n2-c2ccc(OC)cc2)C1. The monoisotopic (exact) mass is 438 g/mol. The van der Waals surface area contributed by atoms with E-state index in [-0.39, 0.29) is 24.3 Å². The number of aromatic nitrogens is 1. The Morgan fingerprint density at radius 2 is 1.97 bits per heavy atom. The predicted octanol–water partition coefficient (Wildman–Crippen LogP) is 3.19. The van der Waals surface area contributed by atoms with E-state index < -0.39 is 0 Å². The minimum absolute atomic E-state index is 0.145. The molecule has 2 aromatic rings. The molecular weight excluding hydrogens is 408 g/mol. The second kappa shape index (κ2) is 10.3. The third kappa shape index (κ3) is 4.94. The zero-order chi connectivity index (χ0) is 23.3. The maximum absolute atomic E-state index is 12.9. The van der Waals surface area contributed by atoms with E-state index in [4.69, 9.17) is 9.47 Å². The van der Waals surface area contributed by atoms with Crippen LogP contribution >= 0.6 is 0 Å². The topological polar surface area (TPSA) is 96.6 Å². The average Bonchev–Trinajstić information content (AvgIpc) is 3.03. The van der Waals surface area contributed by atoms with Crippen LogP contribution in [-0.2, 0) is 14.3 Å². The number of hydrogen-bond acceptors (Lipinski definition) is 6. The number of methoxy groups -OCH3 is 1. The van der Waals surface area contributed by atoms with E-state index in [1.54, 1.807) is 14.0 Å². The summed E-state index contributed by atoms with van der Waals surface area (Å²) in [6.07, 6.45) is 1.61. The molecule has 1 fully saturated rings. The molecule has 1 aromatic carbocycles. The molecule has 1 aromatic heterocycles. The van der Waals surface area contributed by atoms with Gasteiger partial charge in [0, 0.05) is 17.9 Å². The van der Waals surface area contributed by atoms with Crippen LogP contribution in [0.4, 0.5) is 5.82 Å². The van der Waals surface area contributed by atoms with Gasteiger partial charge in [0.1, 0.15) is 17.6 Å². The second-order valence-corrected chi connectivity index (χ2v) is 7.95. The van der Waals surface area contributed by atoms with Gasteiger partial charge >= 0.3 is 5.97 Å². The zero-order valence-electron chi connectivity index (χ0n) is 19.1. The van der Waals surface area contributed by atoms with Crippen LogP contribution in [0.1, 0.15) is 36.6 Å². The molecule has 2 heterocycles. The summed E-state index contributed by atoms with van der Waals surface area (Å²) in [4.78, 5) is 27.0. The van der Waals surface area contributed by atoms with Crippen molar-refractivity contribution in [3.8, 4) is 17.5 Å². The number of likely N-dealkylation sites (tertiary alicyclic amines) is 1. The van der Waals surface area contributed by atoms with Gasteiger partial charge in [0.05, 0.1) is 31.7 Å². The Bertz CT molecular complexity index is 1020. The van der Waals surface area contributed by atoms with Gasteiger partial charge in [0.25, 0.3) is 0 Å². The van der Waals surface area contributed by atoms with E-state index in [2.05, 4.69) is 11.4 Å². The van der Waals surface area contributed by atoms with Crippen LogP contribution in [0.25, 0.3) is 5.69 Å². The van der Waals surface area contributed by atoms with Gasteiger partial charge in [0.15, 0.2) is 0 Å². The highest BCUT2D eigenvalue weighted by Crippen LogP contribution is 2.31. The van der Waals surface area contributed by atoms with Gasteiger partial charge in [-0.15, -0.1) is 0 Å². The van der Waals surface area contributed by atoms with Crippen molar-refractivity contribution in [2.45, 2.75) is 33.6 Å². The summed E-state index contributed by atoms with van der Waals surface area (Å²) < 4.78 is 12.3. The fourth-order valence-electron chi connectivity index (χ4n) is 4.14.